The lowest BCUT2D eigenvalue weighted by molar-refractivity contribution is 0.0818. The molecule has 0 aliphatic heterocycles. The first kappa shape index (κ1) is 17.2. The minimum atomic E-state index is -2.47. The number of nitrogens with one attached hydrogen (secondary N) is 2. The van der Waals surface area contributed by atoms with Crippen molar-refractivity contribution < 1.29 is 13.5 Å². The minimum absolute atomic E-state index is 0.439. The molecule has 0 saturated heterocycles. The van der Waals surface area contributed by atoms with Crippen LogP contribution in [-0.2, 0) is 6.54 Å². The quantitative estimate of drug-likeness (QED) is 0.573. The predicted octanol–water partition coefficient (Wildman–Crippen LogP) is 2.80. The Kier molecular flexibility index (Phi) is 8.16. The number of hydrogen-bond acceptors (Lipinski definition) is 2. The van der Waals surface area contributed by atoms with Gasteiger partial charge in [-0.25, -0.2) is 13.8 Å². The van der Waals surface area contributed by atoms with Gasteiger partial charge in [-0.05, 0) is 31.0 Å². The molecule has 2 N–H and O–H groups in total. The molecule has 0 spiro atoms. The maximum absolute atomic E-state index is 12.1. The van der Waals surface area contributed by atoms with E-state index in [0.717, 1.165) is 31.0 Å². The van der Waals surface area contributed by atoms with Gasteiger partial charge in [0.2, 0.25) is 0 Å². The molecule has 0 aliphatic carbocycles. The largest absolute Gasteiger partial charge is 0.488 e. The fraction of sp³-hybridized carbons (Fsp3) is 0.533. The Morgan fingerprint density at radius 2 is 2.10 bits per heavy atom. The molecule has 0 atom stereocenters. The van der Waals surface area contributed by atoms with Crippen LogP contribution in [0.1, 0.15) is 25.8 Å². The van der Waals surface area contributed by atoms with Crippen LogP contribution in [-0.4, -0.2) is 32.1 Å². The summed E-state index contributed by atoms with van der Waals surface area (Å²) in [4.78, 5) is 4.45. The molecule has 0 aromatic heterocycles. The summed E-state index contributed by atoms with van der Waals surface area (Å²) in [6.45, 7) is 5.59. The van der Waals surface area contributed by atoms with Crippen LogP contribution in [0.2, 0.25) is 0 Å². The van der Waals surface area contributed by atoms with E-state index in [4.69, 9.17) is 4.74 Å². The zero-order chi connectivity index (χ0) is 15.5. The molecule has 21 heavy (non-hydrogen) atoms. The van der Waals surface area contributed by atoms with E-state index in [0.29, 0.717) is 12.3 Å². The van der Waals surface area contributed by atoms with Crippen molar-refractivity contribution in [3.63, 3.8) is 0 Å². The Hall–Kier alpha value is -1.85. The zero-order valence-electron chi connectivity index (χ0n) is 12.5. The third-order valence-electron chi connectivity index (χ3n) is 2.58. The van der Waals surface area contributed by atoms with Crippen molar-refractivity contribution in [2.75, 3.05) is 19.7 Å². The molecule has 1 aromatic rings. The van der Waals surface area contributed by atoms with Gasteiger partial charge in [-0.15, -0.1) is 0 Å². The number of guanidine groups is 1. The smallest absolute Gasteiger partial charge is 0.272 e. The standard InChI is InChI=1S/C15H23F2N3O/c1-3-8-19-15(18-4-2)20-10-12-6-5-7-13(9-12)21-11-14(16)17/h5-7,9,14H,3-4,8,10-11H2,1-2H3,(H2,18,19,20). The van der Waals surface area contributed by atoms with Crippen molar-refractivity contribution in [2.45, 2.75) is 33.2 Å². The zero-order valence-corrected chi connectivity index (χ0v) is 12.5. The van der Waals surface area contributed by atoms with Gasteiger partial charge in [0.15, 0.2) is 5.96 Å². The van der Waals surface area contributed by atoms with Crippen molar-refractivity contribution >= 4 is 5.96 Å². The number of rotatable bonds is 8. The molecule has 0 bridgehead atoms. The third kappa shape index (κ3) is 7.48. The number of benzene rings is 1. The highest BCUT2D eigenvalue weighted by Crippen LogP contribution is 2.14. The third-order valence-corrected chi connectivity index (χ3v) is 2.58. The Morgan fingerprint density at radius 3 is 2.76 bits per heavy atom. The van der Waals surface area contributed by atoms with Crippen LogP contribution >= 0.6 is 0 Å². The maximum atomic E-state index is 12.1. The number of halogens is 2. The Morgan fingerprint density at radius 1 is 1.29 bits per heavy atom. The number of ether oxygens (including phenoxy) is 1. The van der Waals surface area contributed by atoms with Crippen LogP contribution < -0.4 is 15.4 Å². The van der Waals surface area contributed by atoms with Crippen molar-refractivity contribution in [3.8, 4) is 5.75 Å². The van der Waals surface area contributed by atoms with Crippen molar-refractivity contribution in [1.82, 2.24) is 10.6 Å². The second-order valence-corrected chi connectivity index (χ2v) is 4.47. The maximum Gasteiger partial charge on any atom is 0.272 e. The van der Waals surface area contributed by atoms with Gasteiger partial charge in [0.05, 0.1) is 6.54 Å². The monoisotopic (exact) mass is 299 g/mol. The van der Waals surface area contributed by atoms with Gasteiger partial charge >= 0.3 is 0 Å². The van der Waals surface area contributed by atoms with E-state index in [-0.39, 0.29) is 0 Å². The molecule has 0 saturated carbocycles. The highest BCUT2D eigenvalue weighted by atomic mass is 19.3. The van der Waals surface area contributed by atoms with Crippen LogP contribution in [0, 0.1) is 0 Å². The highest BCUT2D eigenvalue weighted by Gasteiger charge is 2.04. The Balaban J connectivity index is 2.61. The summed E-state index contributed by atoms with van der Waals surface area (Å²) in [7, 11) is 0. The van der Waals surface area contributed by atoms with Gasteiger partial charge in [-0.2, -0.15) is 0 Å². The van der Waals surface area contributed by atoms with Gasteiger partial charge in [-0.3, -0.25) is 0 Å². The number of nitrogens with zero attached hydrogens (tertiary/aromatic N) is 1. The molecule has 118 valence electrons. The summed E-state index contributed by atoms with van der Waals surface area (Å²) in [5.41, 5.74) is 0.912. The highest BCUT2D eigenvalue weighted by molar-refractivity contribution is 5.79. The molecule has 0 amide bonds. The first-order valence-electron chi connectivity index (χ1n) is 7.17. The summed E-state index contributed by atoms with van der Waals surface area (Å²) in [6, 6.07) is 7.06. The van der Waals surface area contributed by atoms with Crippen molar-refractivity contribution in [1.29, 1.82) is 0 Å². The molecule has 0 fully saturated rings. The van der Waals surface area contributed by atoms with Crippen LogP contribution in [0.25, 0.3) is 0 Å². The Bertz CT molecular complexity index is 439. The average Bonchev–Trinajstić information content (AvgIpc) is 2.48. The molecule has 0 radical (unpaired) electrons. The van der Waals surface area contributed by atoms with Crippen LogP contribution in [0.5, 0.6) is 5.75 Å². The second kappa shape index (κ2) is 9.96. The molecule has 6 heteroatoms. The number of aliphatic imine (C=N–C) groups is 1. The lowest BCUT2D eigenvalue weighted by atomic mass is 10.2. The molecule has 1 rings (SSSR count). The summed E-state index contributed by atoms with van der Waals surface area (Å²) in [5, 5.41) is 6.35. The predicted molar refractivity (Wildman–Crippen MR) is 81.1 cm³/mol. The van der Waals surface area contributed by atoms with Crippen molar-refractivity contribution in [2.24, 2.45) is 4.99 Å². The van der Waals surface area contributed by atoms with Gasteiger partial charge < -0.3 is 15.4 Å². The van der Waals surface area contributed by atoms with Crippen LogP contribution in [0.4, 0.5) is 8.78 Å². The second-order valence-electron chi connectivity index (χ2n) is 4.47. The lowest BCUT2D eigenvalue weighted by Gasteiger charge is -2.10. The van der Waals surface area contributed by atoms with E-state index in [9.17, 15) is 8.78 Å². The van der Waals surface area contributed by atoms with E-state index in [1.807, 2.05) is 13.0 Å². The van der Waals surface area contributed by atoms with Gasteiger partial charge in [0, 0.05) is 13.1 Å². The summed E-state index contributed by atoms with van der Waals surface area (Å²) >= 11 is 0. The van der Waals surface area contributed by atoms with E-state index in [1.54, 1.807) is 18.2 Å². The van der Waals surface area contributed by atoms with E-state index in [2.05, 4.69) is 22.5 Å². The van der Waals surface area contributed by atoms with E-state index >= 15 is 0 Å². The average molecular weight is 299 g/mol. The van der Waals surface area contributed by atoms with Crippen LogP contribution in [0.15, 0.2) is 29.3 Å². The topological polar surface area (TPSA) is 45.7 Å². The minimum Gasteiger partial charge on any atom is -0.488 e. The molecule has 0 heterocycles. The summed E-state index contributed by atoms with van der Waals surface area (Å²) in [6.07, 6.45) is -1.45. The van der Waals surface area contributed by atoms with Gasteiger partial charge in [-0.1, -0.05) is 19.1 Å². The number of hydrogen-bond donors (Lipinski definition) is 2. The summed E-state index contributed by atoms with van der Waals surface area (Å²) < 4.78 is 29.2. The first-order chi connectivity index (χ1) is 10.2. The Labute approximate surface area is 124 Å². The lowest BCUT2D eigenvalue weighted by Crippen LogP contribution is -2.37. The molecule has 4 nitrogen and oxygen atoms in total. The molecular weight excluding hydrogens is 276 g/mol. The fourth-order valence-corrected chi connectivity index (χ4v) is 1.65. The first-order valence-corrected chi connectivity index (χ1v) is 7.17. The normalized spacial score (nSPS) is 11.6. The summed E-state index contributed by atoms with van der Waals surface area (Å²) in [5.74, 6) is 1.19. The SMILES string of the molecule is CCCNC(=NCc1cccc(OCC(F)F)c1)NCC. The van der Waals surface area contributed by atoms with E-state index in [1.165, 1.54) is 0 Å². The molecule has 1 aromatic carbocycles. The van der Waals surface area contributed by atoms with Crippen molar-refractivity contribution in [3.05, 3.63) is 29.8 Å². The van der Waals surface area contributed by atoms with Gasteiger partial charge in [0.1, 0.15) is 12.4 Å². The van der Waals surface area contributed by atoms with Gasteiger partial charge in [0.25, 0.3) is 6.43 Å². The van der Waals surface area contributed by atoms with Crippen LogP contribution in [0.3, 0.4) is 0 Å². The number of alkyl halides is 2. The molecular formula is C15H23F2N3O. The molecule has 0 aliphatic rings. The van der Waals surface area contributed by atoms with E-state index < -0.39 is 13.0 Å². The molecule has 0 unspecified atom stereocenters. The fourth-order valence-electron chi connectivity index (χ4n) is 1.65.